The number of esters is 1. The molecule has 6 heteroatoms. The van der Waals surface area contributed by atoms with E-state index in [0.717, 1.165) is 38.3 Å². The quantitative estimate of drug-likeness (QED) is 0.177. The zero-order chi connectivity index (χ0) is 18.5. The van der Waals surface area contributed by atoms with Crippen molar-refractivity contribution < 1.29 is 9.53 Å². The van der Waals surface area contributed by atoms with Crippen LogP contribution in [0, 0.1) is 0 Å². The second-order valence-electron chi connectivity index (χ2n) is 6.76. The molecular formula is C20H34IN3O2. The van der Waals surface area contributed by atoms with Gasteiger partial charge >= 0.3 is 5.97 Å². The molecule has 0 bridgehead atoms. The number of hydrogen-bond donors (Lipinski definition) is 2. The minimum absolute atomic E-state index is 0. The number of aliphatic imine (C=N–C) groups is 1. The highest BCUT2D eigenvalue weighted by Gasteiger charge is 2.19. The van der Waals surface area contributed by atoms with Crippen molar-refractivity contribution in [2.24, 2.45) is 4.99 Å². The van der Waals surface area contributed by atoms with Gasteiger partial charge in [0.1, 0.15) is 0 Å². The average molecular weight is 475 g/mol. The number of halogens is 1. The molecular weight excluding hydrogens is 441 g/mol. The van der Waals surface area contributed by atoms with Crippen molar-refractivity contribution in [2.45, 2.75) is 51.9 Å². The molecule has 0 aromatic heterocycles. The molecule has 0 aliphatic rings. The lowest BCUT2D eigenvalue weighted by atomic mass is 9.85. The minimum atomic E-state index is -0.133. The van der Waals surface area contributed by atoms with E-state index in [1.165, 1.54) is 12.7 Å². The highest BCUT2D eigenvalue weighted by Crippen LogP contribution is 2.22. The summed E-state index contributed by atoms with van der Waals surface area (Å²) < 4.78 is 4.64. The molecule has 148 valence electrons. The smallest absolute Gasteiger partial charge is 0.305 e. The molecule has 0 aliphatic heterocycles. The fraction of sp³-hybridized carbons (Fsp3) is 0.600. The van der Waals surface area contributed by atoms with Gasteiger partial charge in [0.05, 0.1) is 13.7 Å². The Morgan fingerprint density at radius 3 is 2.42 bits per heavy atom. The molecule has 0 unspecified atom stereocenters. The Hall–Kier alpha value is -1.31. The zero-order valence-electron chi connectivity index (χ0n) is 16.5. The number of methoxy groups -OCH3 is 1. The molecule has 0 radical (unpaired) electrons. The average Bonchev–Trinajstić information content (AvgIpc) is 2.62. The van der Waals surface area contributed by atoms with Gasteiger partial charge in [-0.05, 0) is 25.3 Å². The molecule has 0 fully saturated rings. The van der Waals surface area contributed by atoms with Crippen LogP contribution in [-0.2, 0) is 14.9 Å². The normalized spacial score (nSPS) is 11.5. The number of hydrogen-bond acceptors (Lipinski definition) is 3. The van der Waals surface area contributed by atoms with Crippen molar-refractivity contribution in [2.75, 3.05) is 26.7 Å². The number of nitrogens with one attached hydrogen (secondary N) is 2. The van der Waals surface area contributed by atoms with Gasteiger partial charge < -0.3 is 15.4 Å². The molecule has 0 aliphatic carbocycles. The molecule has 0 amide bonds. The fourth-order valence-electron chi connectivity index (χ4n) is 2.48. The third-order valence-corrected chi connectivity index (χ3v) is 4.11. The first-order chi connectivity index (χ1) is 12.0. The number of guanidine groups is 1. The minimum Gasteiger partial charge on any atom is -0.469 e. The number of carbonyl (C=O) groups excluding carboxylic acids is 1. The standard InChI is InChI=1S/C20H33N3O2.HI/c1-5-21-19(22-15-11-7-10-14-18(24)25-4)23-16-20(2,3)17-12-8-6-9-13-17;/h6,8-9,12-13H,5,7,10-11,14-16H2,1-4H3,(H2,21,22,23);1H. The number of benzene rings is 1. The third kappa shape index (κ3) is 9.99. The van der Waals surface area contributed by atoms with Gasteiger partial charge in [0.2, 0.25) is 0 Å². The Morgan fingerprint density at radius 1 is 1.12 bits per heavy atom. The van der Waals surface area contributed by atoms with Gasteiger partial charge in [0, 0.05) is 24.9 Å². The molecule has 0 saturated heterocycles. The maximum absolute atomic E-state index is 11.1. The van der Waals surface area contributed by atoms with Crippen molar-refractivity contribution in [1.82, 2.24) is 10.6 Å². The molecule has 1 aromatic rings. The van der Waals surface area contributed by atoms with Crippen LogP contribution in [0.25, 0.3) is 0 Å². The van der Waals surface area contributed by atoms with Crippen LogP contribution < -0.4 is 10.6 Å². The van der Waals surface area contributed by atoms with Gasteiger partial charge in [-0.15, -0.1) is 24.0 Å². The number of rotatable bonds is 10. The van der Waals surface area contributed by atoms with Gasteiger partial charge in [-0.1, -0.05) is 50.6 Å². The van der Waals surface area contributed by atoms with E-state index < -0.39 is 0 Å². The van der Waals surface area contributed by atoms with Gasteiger partial charge in [0.25, 0.3) is 0 Å². The summed E-state index contributed by atoms with van der Waals surface area (Å²) in [6.45, 7) is 8.88. The predicted molar refractivity (Wildman–Crippen MR) is 119 cm³/mol. The van der Waals surface area contributed by atoms with Crippen molar-refractivity contribution in [3.63, 3.8) is 0 Å². The molecule has 1 rings (SSSR count). The Morgan fingerprint density at radius 2 is 1.81 bits per heavy atom. The summed E-state index contributed by atoms with van der Waals surface area (Å²) in [6.07, 6.45) is 3.36. The van der Waals surface area contributed by atoms with Crippen molar-refractivity contribution in [1.29, 1.82) is 0 Å². The number of unbranched alkanes of at least 4 members (excludes halogenated alkanes) is 2. The van der Waals surface area contributed by atoms with Crippen LogP contribution >= 0.6 is 24.0 Å². The van der Waals surface area contributed by atoms with Crippen LogP contribution in [-0.4, -0.2) is 38.7 Å². The van der Waals surface area contributed by atoms with Crippen LogP contribution in [0.5, 0.6) is 0 Å². The summed E-state index contributed by atoms with van der Waals surface area (Å²) in [5, 5.41) is 6.66. The van der Waals surface area contributed by atoms with E-state index >= 15 is 0 Å². The van der Waals surface area contributed by atoms with Crippen LogP contribution in [0.2, 0.25) is 0 Å². The SMILES string of the molecule is CCNC(=NCC(C)(C)c1ccccc1)NCCCCCC(=O)OC.I. The number of ether oxygens (including phenoxy) is 1. The first kappa shape index (κ1) is 24.7. The third-order valence-electron chi connectivity index (χ3n) is 4.11. The van der Waals surface area contributed by atoms with Gasteiger partial charge in [-0.2, -0.15) is 0 Å². The summed E-state index contributed by atoms with van der Waals surface area (Å²) in [4.78, 5) is 15.8. The Kier molecular flexibility index (Phi) is 13.1. The van der Waals surface area contributed by atoms with E-state index in [-0.39, 0.29) is 35.4 Å². The molecule has 0 saturated carbocycles. The lowest BCUT2D eigenvalue weighted by molar-refractivity contribution is -0.140. The Labute approximate surface area is 175 Å². The molecule has 26 heavy (non-hydrogen) atoms. The monoisotopic (exact) mass is 475 g/mol. The van der Waals surface area contributed by atoms with Crippen molar-refractivity contribution >= 4 is 35.9 Å². The molecule has 1 aromatic carbocycles. The van der Waals surface area contributed by atoms with Crippen LogP contribution in [0.3, 0.4) is 0 Å². The summed E-state index contributed by atoms with van der Waals surface area (Å²) in [5.74, 6) is 0.713. The molecule has 0 heterocycles. The molecule has 0 spiro atoms. The summed E-state index contributed by atoms with van der Waals surface area (Å²) in [6, 6.07) is 10.5. The topological polar surface area (TPSA) is 62.7 Å². The van der Waals surface area contributed by atoms with Gasteiger partial charge in [-0.25, -0.2) is 0 Å². The van der Waals surface area contributed by atoms with E-state index in [1.807, 2.05) is 6.07 Å². The Bertz CT molecular complexity index is 533. The van der Waals surface area contributed by atoms with Crippen molar-refractivity contribution in [3.05, 3.63) is 35.9 Å². The van der Waals surface area contributed by atoms with E-state index in [0.29, 0.717) is 13.0 Å². The summed E-state index contributed by atoms with van der Waals surface area (Å²) >= 11 is 0. The van der Waals surface area contributed by atoms with Crippen LogP contribution in [0.4, 0.5) is 0 Å². The lowest BCUT2D eigenvalue weighted by Crippen LogP contribution is -2.39. The van der Waals surface area contributed by atoms with Crippen molar-refractivity contribution in [3.8, 4) is 0 Å². The highest BCUT2D eigenvalue weighted by atomic mass is 127. The fourth-order valence-corrected chi connectivity index (χ4v) is 2.48. The first-order valence-electron chi connectivity index (χ1n) is 9.14. The molecule has 2 N–H and O–H groups in total. The largest absolute Gasteiger partial charge is 0.469 e. The first-order valence-corrected chi connectivity index (χ1v) is 9.14. The van der Waals surface area contributed by atoms with E-state index in [1.54, 1.807) is 0 Å². The van der Waals surface area contributed by atoms with Crippen LogP contribution in [0.1, 0.15) is 52.0 Å². The lowest BCUT2D eigenvalue weighted by Gasteiger charge is -2.24. The molecule has 5 nitrogen and oxygen atoms in total. The van der Waals surface area contributed by atoms with Gasteiger partial charge in [0.15, 0.2) is 5.96 Å². The Balaban J connectivity index is 0.00000625. The second kappa shape index (κ2) is 13.8. The number of carbonyl (C=O) groups is 1. The molecule has 0 atom stereocenters. The maximum atomic E-state index is 11.1. The summed E-state index contributed by atoms with van der Waals surface area (Å²) in [5.41, 5.74) is 1.28. The zero-order valence-corrected chi connectivity index (χ0v) is 18.8. The summed E-state index contributed by atoms with van der Waals surface area (Å²) in [7, 11) is 1.43. The van der Waals surface area contributed by atoms with E-state index in [2.05, 4.69) is 60.4 Å². The number of nitrogens with zero attached hydrogens (tertiary/aromatic N) is 1. The second-order valence-corrected chi connectivity index (χ2v) is 6.76. The van der Waals surface area contributed by atoms with E-state index in [9.17, 15) is 4.79 Å². The van der Waals surface area contributed by atoms with Crippen LogP contribution in [0.15, 0.2) is 35.3 Å². The predicted octanol–water partition coefficient (Wildman–Crippen LogP) is 3.87. The highest BCUT2D eigenvalue weighted by molar-refractivity contribution is 14.0. The van der Waals surface area contributed by atoms with E-state index in [4.69, 9.17) is 4.99 Å². The van der Waals surface area contributed by atoms with Gasteiger partial charge in [-0.3, -0.25) is 9.79 Å². The maximum Gasteiger partial charge on any atom is 0.305 e.